The fourth-order valence-electron chi connectivity index (χ4n) is 3.00. The fourth-order valence-corrected chi connectivity index (χ4v) is 3.35. The Morgan fingerprint density at radius 3 is 2.31 bits per heavy atom. The fraction of sp³-hybridized carbons (Fsp3) is 0.316. The number of aromatic nitrogens is 4. The van der Waals surface area contributed by atoms with Crippen molar-refractivity contribution in [3.8, 4) is 0 Å². The molecule has 1 amide bonds. The maximum absolute atomic E-state index is 13.0. The molecule has 0 saturated carbocycles. The molecule has 10 heteroatoms. The zero-order valence-electron chi connectivity index (χ0n) is 16.2. The summed E-state index contributed by atoms with van der Waals surface area (Å²) in [5.41, 5.74) is 2.14. The smallest absolute Gasteiger partial charge is 0.317 e. The van der Waals surface area contributed by atoms with Crippen LogP contribution in [0.5, 0.6) is 0 Å². The van der Waals surface area contributed by atoms with E-state index in [0.717, 1.165) is 15.8 Å². The normalized spacial score (nSPS) is 11.7. The Labute approximate surface area is 170 Å². The maximum Gasteiger partial charge on any atom is 0.436 e. The van der Waals surface area contributed by atoms with Gasteiger partial charge in [-0.3, -0.25) is 14.2 Å². The molecule has 3 aromatic rings. The van der Waals surface area contributed by atoms with Crippen LogP contribution in [-0.4, -0.2) is 25.5 Å². The minimum Gasteiger partial charge on any atom is -0.317 e. The quantitative estimate of drug-likeness (QED) is 0.668. The molecule has 0 spiro atoms. The molecule has 0 fully saturated rings. The molecule has 29 heavy (non-hydrogen) atoms. The summed E-state index contributed by atoms with van der Waals surface area (Å²) in [6.07, 6.45) is -4.75. The number of alkyl halides is 3. The maximum atomic E-state index is 13.0. The minimum absolute atomic E-state index is 0.371. The van der Waals surface area contributed by atoms with Gasteiger partial charge in [-0.15, -0.1) is 0 Å². The van der Waals surface area contributed by atoms with E-state index < -0.39 is 22.8 Å². The monoisotopic (exact) mass is 425 g/mol. The van der Waals surface area contributed by atoms with Crippen LogP contribution in [0.15, 0.2) is 24.3 Å². The second-order valence-electron chi connectivity index (χ2n) is 6.78. The number of amides is 1. The van der Waals surface area contributed by atoms with E-state index in [1.165, 1.54) is 7.05 Å². The van der Waals surface area contributed by atoms with Crippen LogP contribution in [0.1, 0.15) is 38.7 Å². The van der Waals surface area contributed by atoms with Crippen molar-refractivity contribution in [1.29, 1.82) is 0 Å². The molecule has 2 aromatic heterocycles. The molecule has 0 bridgehead atoms. The van der Waals surface area contributed by atoms with Crippen LogP contribution in [0.4, 0.5) is 18.9 Å². The molecule has 0 aliphatic rings. The molecule has 2 heterocycles. The lowest BCUT2D eigenvalue weighted by Gasteiger charge is -2.08. The van der Waals surface area contributed by atoms with Crippen molar-refractivity contribution < 1.29 is 18.0 Å². The lowest BCUT2D eigenvalue weighted by molar-refractivity contribution is -0.141. The Kier molecular flexibility index (Phi) is 5.44. The Morgan fingerprint density at radius 2 is 1.76 bits per heavy atom. The number of nitrogens with one attached hydrogen (secondary N) is 1. The Morgan fingerprint density at radius 1 is 1.14 bits per heavy atom. The van der Waals surface area contributed by atoms with Gasteiger partial charge in [-0.25, -0.2) is 0 Å². The van der Waals surface area contributed by atoms with Gasteiger partial charge in [0.05, 0.1) is 23.6 Å². The van der Waals surface area contributed by atoms with E-state index in [2.05, 4.69) is 15.5 Å². The van der Waals surface area contributed by atoms with Gasteiger partial charge in [-0.1, -0.05) is 41.4 Å². The van der Waals surface area contributed by atoms with Crippen LogP contribution >= 0.6 is 11.6 Å². The van der Waals surface area contributed by atoms with Gasteiger partial charge in [0.25, 0.3) is 5.91 Å². The second kappa shape index (κ2) is 7.55. The summed E-state index contributed by atoms with van der Waals surface area (Å²) >= 11 is 5.80. The lowest BCUT2D eigenvalue weighted by atomic mass is 10.1. The van der Waals surface area contributed by atoms with Crippen molar-refractivity contribution in [2.24, 2.45) is 7.05 Å². The first-order chi connectivity index (χ1) is 13.5. The average molecular weight is 426 g/mol. The number of hydrogen-bond acceptors (Lipinski definition) is 3. The van der Waals surface area contributed by atoms with Crippen molar-refractivity contribution in [3.05, 3.63) is 63.2 Å². The molecular formula is C19H19ClF3N5O. The number of carbonyl (C=O) groups excluding carboxylic acids is 1. The van der Waals surface area contributed by atoms with Gasteiger partial charge in [0.1, 0.15) is 10.7 Å². The van der Waals surface area contributed by atoms with E-state index in [1.54, 1.807) is 18.5 Å². The highest BCUT2D eigenvalue weighted by Gasteiger charge is 2.39. The standard InChI is InChI=1S/C19H19ClF3N5O/c1-10-5-7-13(8-6-10)9-28-12(3)15(11(2)25-28)24-18(29)16-14(20)17(19(21,22)23)26-27(16)4/h5-8H,9H2,1-4H3,(H,24,29). The third kappa shape index (κ3) is 4.14. The number of nitrogens with zero attached hydrogens (tertiary/aromatic N) is 4. The van der Waals surface area contributed by atoms with Crippen molar-refractivity contribution >= 4 is 23.2 Å². The second-order valence-corrected chi connectivity index (χ2v) is 7.15. The molecule has 0 atom stereocenters. The zero-order valence-corrected chi connectivity index (χ0v) is 17.0. The molecule has 0 saturated heterocycles. The summed E-state index contributed by atoms with van der Waals surface area (Å²) in [4.78, 5) is 12.6. The predicted octanol–water partition coefficient (Wildman–Crippen LogP) is 4.51. The van der Waals surface area contributed by atoms with Crippen molar-refractivity contribution in [2.75, 3.05) is 5.32 Å². The van der Waals surface area contributed by atoms with Crippen LogP contribution in [0.3, 0.4) is 0 Å². The molecule has 1 N–H and O–H groups in total. The van der Waals surface area contributed by atoms with Gasteiger partial charge < -0.3 is 5.32 Å². The molecule has 0 aliphatic heterocycles. The highest BCUT2D eigenvalue weighted by atomic mass is 35.5. The zero-order chi connectivity index (χ0) is 21.5. The summed E-state index contributed by atoms with van der Waals surface area (Å²) < 4.78 is 41.5. The van der Waals surface area contributed by atoms with Crippen LogP contribution in [0, 0.1) is 20.8 Å². The molecular weight excluding hydrogens is 407 g/mol. The SMILES string of the molecule is Cc1ccc(Cn2nc(C)c(NC(=O)c3c(Cl)c(C(F)(F)F)nn3C)c2C)cc1. The molecule has 0 radical (unpaired) electrons. The Hall–Kier alpha value is -2.81. The summed E-state index contributed by atoms with van der Waals surface area (Å²) in [6.45, 7) is 5.97. The molecule has 3 rings (SSSR count). The number of hydrogen-bond donors (Lipinski definition) is 1. The molecule has 1 aromatic carbocycles. The number of aryl methyl sites for hydroxylation is 3. The van der Waals surface area contributed by atoms with Crippen LogP contribution in [0.2, 0.25) is 5.02 Å². The van der Waals surface area contributed by atoms with Crippen molar-refractivity contribution in [3.63, 3.8) is 0 Å². The van der Waals surface area contributed by atoms with Gasteiger partial charge in [0.2, 0.25) is 0 Å². The van der Waals surface area contributed by atoms with Gasteiger partial charge in [-0.05, 0) is 26.3 Å². The van der Waals surface area contributed by atoms with E-state index in [1.807, 2.05) is 31.2 Å². The molecule has 6 nitrogen and oxygen atoms in total. The van der Waals surface area contributed by atoms with E-state index >= 15 is 0 Å². The van der Waals surface area contributed by atoms with Crippen molar-refractivity contribution in [1.82, 2.24) is 19.6 Å². The summed E-state index contributed by atoms with van der Waals surface area (Å²) in [7, 11) is 1.23. The predicted molar refractivity (Wildman–Crippen MR) is 103 cm³/mol. The van der Waals surface area contributed by atoms with Crippen LogP contribution < -0.4 is 5.32 Å². The first kappa shape index (κ1) is 20.9. The summed E-state index contributed by atoms with van der Waals surface area (Å²) in [5, 5.41) is 9.65. The van der Waals surface area contributed by atoms with Gasteiger partial charge >= 0.3 is 6.18 Å². The number of halogens is 4. The third-order valence-corrected chi connectivity index (χ3v) is 4.90. The summed E-state index contributed by atoms with van der Waals surface area (Å²) in [5.74, 6) is -0.790. The minimum atomic E-state index is -4.75. The van der Waals surface area contributed by atoms with Crippen molar-refractivity contribution in [2.45, 2.75) is 33.5 Å². The number of anilines is 1. The lowest BCUT2D eigenvalue weighted by Crippen LogP contribution is -2.17. The molecule has 154 valence electrons. The highest BCUT2D eigenvalue weighted by Crippen LogP contribution is 2.35. The van der Waals surface area contributed by atoms with E-state index in [0.29, 0.717) is 23.6 Å². The highest BCUT2D eigenvalue weighted by molar-refractivity contribution is 6.34. The van der Waals surface area contributed by atoms with Gasteiger partial charge in [-0.2, -0.15) is 23.4 Å². The largest absolute Gasteiger partial charge is 0.436 e. The number of benzene rings is 1. The molecule has 0 unspecified atom stereocenters. The third-order valence-electron chi connectivity index (χ3n) is 4.55. The average Bonchev–Trinajstić information content (AvgIpc) is 3.07. The van der Waals surface area contributed by atoms with E-state index in [-0.39, 0.29) is 5.69 Å². The number of rotatable bonds is 4. The van der Waals surface area contributed by atoms with Gasteiger partial charge in [0.15, 0.2) is 5.69 Å². The first-order valence-corrected chi connectivity index (χ1v) is 9.07. The van der Waals surface area contributed by atoms with Crippen LogP contribution in [-0.2, 0) is 19.8 Å². The Balaban J connectivity index is 1.88. The Bertz CT molecular complexity index is 1070. The van der Waals surface area contributed by atoms with Gasteiger partial charge in [0, 0.05) is 7.05 Å². The van der Waals surface area contributed by atoms with Crippen LogP contribution in [0.25, 0.3) is 0 Å². The summed E-state index contributed by atoms with van der Waals surface area (Å²) in [6, 6.07) is 7.95. The number of carbonyl (C=O) groups is 1. The van der Waals surface area contributed by atoms with E-state index in [4.69, 9.17) is 11.6 Å². The van der Waals surface area contributed by atoms with E-state index in [9.17, 15) is 18.0 Å². The topological polar surface area (TPSA) is 64.7 Å². The molecule has 0 aliphatic carbocycles. The first-order valence-electron chi connectivity index (χ1n) is 8.69.